The van der Waals surface area contributed by atoms with Crippen molar-refractivity contribution in [1.29, 1.82) is 0 Å². The fourth-order valence-corrected chi connectivity index (χ4v) is 4.69. The Hall–Kier alpha value is -2.89. The number of sulfonamides is 1. The normalized spacial score (nSPS) is 17.2. The third-order valence-corrected chi connectivity index (χ3v) is 6.62. The Balaban J connectivity index is 1.62. The molecule has 2 aromatic rings. The van der Waals surface area contributed by atoms with Crippen LogP contribution in [0.3, 0.4) is 0 Å². The zero-order valence-corrected chi connectivity index (χ0v) is 17.7. The molecule has 1 atom stereocenters. The number of hydrogen-bond acceptors (Lipinski definition) is 6. The first-order valence-corrected chi connectivity index (χ1v) is 11.1. The molecule has 1 aliphatic heterocycles. The smallest absolute Gasteiger partial charge is 0.309 e. The first kappa shape index (κ1) is 22.8. The van der Waals surface area contributed by atoms with Crippen LogP contribution in [0.2, 0.25) is 0 Å². The van der Waals surface area contributed by atoms with Crippen LogP contribution in [-0.4, -0.2) is 55.4 Å². The van der Waals surface area contributed by atoms with E-state index in [1.54, 1.807) is 24.5 Å². The van der Waals surface area contributed by atoms with E-state index in [2.05, 4.69) is 15.6 Å². The van der Waals surface area contributed by atoms with E-state index in [1.807, 2.05) is 0 Å². The molecule has 0 radical (unpaired) electrons. The predicted octanol–water partition coefficient (Wildman–Crippen LogP) is 0.699. The Labute approximate surface area is 179 Å². The topological polar surface area (TPSA) is 118 Å². The average Bonchev–Trinajstić information content (AvgIpc) is 2.78. The molecule has 1 aliphatic rings. The number of carbonyl (C=O) groups is 2. The molecule has 1 unspecified atom stereocenters. The molecule has 2 heterocycles. The Morgan fingerprint density at radius 2 is 1.90 bits per heavy atom. The number of amides is 2. The Kier molecular flexibility index (Phi) is 7.31. The van der Waals surface area contributed by atoms with Gasteiger partial charge in [0.1, 0.15) is 12.0 Å². The summed E-state index contributed by atoms with van der Waals surface area (Å²) >= 11 is 0. The summed E-state index contributed by atoms with van der Waals surface area (Å²) in [6.07, 6.45) is 2.62. The van der Waals surface area contributed by atoms with Crippen LogP contribution in [0.25, 0.3) is 0 Å². The Bertz CT molecular complexity index is 1050. The molecule has 0 bridgehead atoms. The number of aromatic nitrogens is 1. The number of pyridine rings is 1. The third kappa shape index (κ3) is 5.63. The van der Waals surface area contributed by atoms with Crippen LogP contribution in [-0.2, 0) is 30.9 Å². The molecule has 1 fully saturated rings. The number of ether oxygens (including phenoxy) is 1. The van der Waals surface area contributed by atoms with Gasteiger partial charge in [-0.05, 0) is 54.8 Å². The summed E-state index contributed by atoms with van der Waals surface area (Å²) in [5, 5.41) is 4.89. The first-order valence-electron chi connectivity index (χ1n) is 9.63. The van der Waals surface area contributed by atoms with Crippen LogP contribution in [0, 0.1) is 12.7 Å². The van der Waals surface area contributed by atoms with Crippen LogP contribution in [0.1, 0.15) is 17.5 Å². The van der Waals surface area contributed by atoms with E-state index in [0.717, 1.165) is 15.9 Å². The van der Waals surface area contributed by atoms with Crippen molar-refractivity contribution < 1.29 is 27.1 Å². The van der Waals surface area contributed by atoms with Crippen LogP contribution >= 0.6 is 0 Å². The average molecular weight is 450 g/mol. The number of rotatable bonds is 6. The van der Waals surface area contributed by atoms with Gasteiger partial charge in [0.25, 0.3) is 0 Å². The third-order valence-electron chi connectivity index (χ3n) is 4.74. The van der Waals surface area contributed by atoms with E-state index in [4.69, 9.17) is 4.74 Å². The second kappa shape index (κ2) is 9.94. The van der Waals surface area contributed by atoms with Gasteiger partial charge in [0.2, 0.25) is 10.0 Å². The number of aryl methyl sites for hydroxylation is 1. The van der Waals surface area contributed by atoms with Gasteiger partial charge in [-0.2, -0.15) is 4.31 Å². The molecule has 31 heavy (non-hydrogen) atoms. The van der Waals surface area contributed by atoms with Crippen LogP contribution < -0.4 is 10.6 Å². The maximum Gasteiger partial charge on any atom is 0.309 e. The number of hydrogen-bond donors (Lipinski definition) is 2. The van der Waals surface area contributed by atoms with Crippen LogP contribution in [0.4, 0.5) is 4.39 Å². The minimum atomic E-state index is -3.98. The van der Waals surface area contributed by atoms with Crippen molar-refractivity contribution in [2.75, 3.05) is 19.7 Å². The Morgan fingerprint density at radius 1 is 1.19 bits per heavy atom. The maximum atomic E-state index is 13.5. The molecular formula is C20H23FN4O5S. The van der Waals surface area contributed by atoms with Gasteiger partial charge in [0, 0.05) is 25.5 Å². The van der Waals surface area contributed by atoms with E-state index in [9.17, 15) is 22.4 Å². The molecule has 0 spiro atoms. The highest BCUT2D eigenvalue weighted by Crippen LogP contribution is 2.23. The van der Waals surface area contributed by atoms with E-state index < -0.39 is 33.9 Å². The van der Waals surface area contributed by atoms with Crippen molar-refractivity contribution >= 4 is 21.8 Å². The minimum Gasteiger partial charge on any atom is -0.360 e. The highest BCUT2D eigenvalue weighted by atomic mass is 32.2. The highest BCUT2D eigenvalue weighted by molar-refractivity contribution is 7.89. The molecule has 0 saturated carbocycles. The number of nitrogens with zero attached hydrogens (tertiary/aromatic N) is 2. The van der Waals surface area contributed by atoms with Crippen molar-refractivity contribution in [2.24, 2.45) is 0 Å². The zero-order valence-electron chi connectivity index (χ0n) is 16.9. The number of halogens is 1. The molecule has 3 rings (SSSR count). The molecule has 1 aromatic carbocycles. The second-order valence-corrected chi connectivity index (χ2v) is 8.84. The van der Waals surface area contributed by atoms with E-state index >= 15 is 0 Å². The van der Waals surface area contributed by atoms with Gasteiger partial charge in [0.15, 0.2) is 0 Å². The Morgan fingerprint density at radius 3 is 2.61 bits per heavy atom. The molecule has 9 nitrogen and oxygen atoms in total. The maximum absolute atomic E-state index is 13.5. The molecular weight excluding hydrogens is 427 g/mol. The summed E-state index contributed by atoms with van der Waals surface area (Å²) in [5.41, 5.74) is 0.980. The van der Waals surface area contributed by atoms with Crippen molar-refractivity contribution in [3.63, 3.8) is 0 Å². The molecule has 2 amide bonds. The van der Waals surface area contributed by atoms with Crippen molar-refractivity contribution in [3.05, 3.63) is 59.7 Å². The van der Waals surface area contributed by atoms with Gasteiger partial charge in [-0.25, -0.2) is 12.8 Å². The standard InChI is InChI=1S/C20H23FN4O5S/c1-14-11-16(3-4-17(14)21)31(28,29)25-9-2-10-30-18(25)13-24-20(27)19(26)23-12-15-5-7-22-8-6-15/h3-8,11,18H,2,9-10,12-13H2,1H3,(H,23,26)(H,24,27). The number of nitrogens with one attached hydrogen (secondary N) is 2. The predicted molar refractivity (Wildman–Crippen MR) is 108 cm³/mol. The molecule has 0 aliphatic carbocycles. The van der Waals surface area contributed by atoms with Crippen molar-refractivity contribution in [2.45, 2.75) is 31.0 Å². The lowest BCUT2D eigenvalue weighted by Crippen LogP contribution is -2.53. The first-order chi connectivity index (χ1) is 14.8. The van der Waals surface area contributed by atoms with E-state index in [1.165, 1.54) is 19.1 Å². The van der Waals surface area contributed by atoms with Crippen LogP contribution in [0.15, 0.2) is 47.6 Å². The number of carbonyl (C=O) groups excluding carboxylic acids is 2. The SMILES string of the molecule is Cc1cc(S(=O)(=O)N2CCCOC2CNC(=O)C(=O)NCc2ccncc2)ccc1F. The fourth-order valence-electron chi connectivity index (χ4n) is 3.04. The van der Waals surface area contributed by atoms with Crippen LogP contribution in [0.5, 0.6) is 0 Å². The summed E-state index contributed by atoms with van der Waals surface area (Å²) in [4.78, 5) is 27.9. The zero-order chi connectivity index (χ0) is 22.4. The highest BCUT2D eigenvalue weighted by Gasteiger charge is 2.35. The molecule has 1 aromatic heterocycles. The van der Waals surface area contributed by atoms with Gasteiger partial charge in [-0.3, -0.25) is 14.6 Å². The van der Waals surface area contributed by atoms with Gasteiger partial charge in [0.05, 0.1) is 18.0 Å². The molecule has 1 saturated heterocycles. The van der Waals surface area contributed by atoms with Gasteiger partial charge in [-0.15, -0.1) is 0 Å². The van der Waals surface area contributed by atoms with E-state index in [-0.39, 0.29) is 30.1 Å². The van der Waals surface area contributed by atoms with Gasteiger partial charge < -0.3 is 15.4 Å². The fraction of sp³-hybridized carbons (Fsp3) is 0.350. The second-order valence-electron chi connectivity index (χ2n) is 6.95. The largest absolute Gasteiger partial charge is 0.360 e. The number of benzene rings is 1. The summed E-state index contributed by atoms with van der Waals surface area (Å²) in [6, 6.07) is 6.94. The monoisotopic (exact) mass is 450 g/mol. The molecule has 2 N–H and O–H groups in total. The lowest BCUT2D eigenvalue weighted by Gasteiger charge is -2.34. The molecule has 166 valence electrons. The summed E-state index contributed by atoms with van der Waals surface area (Å²) < 4.78 is 46.2. The van der Waals surface area contributed by atoms with Gasteiger partial charge >= 0.3 is 11.8 Å². The van der Waals surface area contributed by atoms with Crippen molar-refractivity contribution in [1.82, 2.24) is 19.9 Å². The van der Waals surface area contributed by atoms with Crippen molar-refractivity contribution in [3.8, 4) is 0 Å². The minimum absolute atomic E-state index is 0.0664. The van der Waals surface area contributed by atoms with E-state index in [0.29, 0.717) is 13.0 Å². The van der Waals surface area contributed by atoms with Gasteiger partial charge in [-0.1, -0.05) is 0 Å². The molecule has 11 heteroatoms. The lowest BCUT2D eigenvalue weighted by molar-refractivity contribution is -0.140. The summed E-state index contributed by atoms with van der Waals surface area (Å²) in [6.45, 7) is 1.90. The lowest BCUT2D eigenvalue weighted by atomic mass is 10.2. The summed E-state index contributed by atoms with van der Waals surface area (Å²) in [5.74, 6) is -2.26. The quantitative estimate of drug-likeness (QED) is 0.626. The summed E-state index contributed by atoms with van der Waals surface area (Å²) in [7, 11) is -3.98.